The molecule has 3 rings (SSSR count). The lowest BCUT2D eigenvalue weighted by Crippen LogP contribution is -2.35. The molecule has 2 aromatic rings. The zero-order chi connectivity index (χ0) is 20.3. The predicted octanol–water partition coefficient (Wildman–Crippen LogP) is 2.47. The minimum absolute atomic E-state index is 0.125. The van der Waals surface area contributed by atoms with E-state index in [0.29, 0.717) is 30.3 Å². The lowest BCUT2D eigenvalue weighted by atomic mass is 10.2. The van der Waals surface area contributed by atoms with Crippen LogP contribution in [0.25, 0.3) is 0 Å². The Kier molecular flexibility index (Phi) is 5.95. The highest BCUT2D eigenvalue weighted by atomic mass is 32.2. The molecule has 0 atom stereocenters. The number of aromatic nitrogens is 1. The highest BCUT2D eigenvalue weighted by Crippen LogP contribution is 2.30. The first-order valence-corrected chi connectivity index (χ1v) is 10.5. The summed E-state index contributed by atoms with van der Waals surface area (Å²) in [4.78, 5) is 12.9. The van der Waals surface area contributed by atoms with Gasteiger partial charge in [-0.25, -0.2) is 8.42 Å². The van der Waals surface area contributed by atoms with E-state index in [-0.39, 0.29) is 10.6 Å². The smallest absolute Gasteiger partial charge is 0.272 e. The monoisotopic (exact) mass is 407 g/mol. The Bertz CT molecular complexity index is 962. The summed E-state index contributed by atoms with van der Waals surface area (Å²) >= 11 is 0. The number of methoxy groups -OCH3 is 2. The van der Waals surface area contributed by atoms with Crippen LogP contribution in [0.5, 0.6) is 11.5 Å². The molecule has 1 aliphatic rings. The molecule has 8 nitrogen and oxygen atoms in total. The van der Waals surface area contributed by atoms with Crippen molar-refractivity contribution in [3.05, 3.63) is 36.2 Å². The normalized spacial score (nSPS) is 15.2. The number of benzene rings is 1. The van der Waals surface area contributed by atoms with Gasteiger partial charge < -0.3 is 19.4 Å². The number of nitrogens with zero attached hydrogens (tertiary/aromatic N) is 2. The summed E-state index contributed by atoms with van der Waals surface area (Å²) in [6, 6.07) is 6.46. The van der Waals surface area contributed by atoms with Crippen molar-refractivity contribution in [2.75, 3.05) is 32.6 Å². The molecule has 2 heterocycles. The Morgan fingerprint density at radius 1 is 1.07 bits per heavy atom. The number of piperidine rings is 1. The third-order valence-corrected chi connectivity index (χ3v) is 6.68. The molecule has 1 fully saturated rings. The van der Waals surface area contributed by atoms with E-state index < -0.39 is 15.9 Å². The molecule has 0 aliphatic carbocycles. The second-order valence-electron chi connectivity index (χ2n) is 6.66. The standard InChI is InChI=1S/C19H25N3O5S/c1-21-13-15(28(24,25)22-9-5-4-6-10-22)12-17(21)19(23)20-16-11-14(26-2)7-8-18(16)27-3/h7-8,11-13H,4-6,9-10H2,1-3H3,(H,20,23). The average molecular weight is 407 g/mol. The molecule has 1 aromatic heterocycles. The maximum absolute atomic E-state index is 12.9. The molecule has 9 heteroatoms. The van der Waals surface area contributed by atoms with Crippen molar-refractivity contribution in [2.45, 2.75) is 24.2 Å². The second-order valence-corrected chi connectivity index (χ2v) is 8.59. The second kappa shape index (κ2) is 8.24. The summed E-state index contributed by atoms with van der Waals surface area (Å²) in [6.07, 6.45) is 4.22. The van der Waals surface area contributed by atoms with E-state index in [9.17, 15) is 13.2 Å². The zero-order valence-electron chi connectivity index (χ0n) is 16.3. The number of sulfonamides is 1. The predicted molar refractivity (Wildman–Crippen MR) is 106 cm³/mol. The molecule has 1 saturated heterocycles. The van der Waals surface area contributed by atoms with Crippen LogP contribution in [0.4, 0.5) is 5.69 Å². The molecule has 1 aliphatic heterocycles. The number of aryl methyl sites for hydroxylation is 1. The van der Waals surface area contributed by atoms with Crippen molar-refractivity contribution in [1.29, 1.82) is 0 Å². The minimum atomic E-state index is -3.61. The zero-order valence-corrected chi connectivity index (χ0v) is 17.1. The largest absolute Gasteiger partial charge is 0.497 e. The Hall–Kier alpha value is -2.52. The average Bonchev–Trinajstić information content (AvgIpc) is 3.11. The van der Waals surface area contributed by atoms with Crippen LogP contribution in [0.3, 0.4) is 0 Å². The van der Waals surface area contributed by atoms with E-state index in [2.05, 4.69) is 5.32 Å². The van der Waals surface area contributed by atoms with Crippen LogP contribution in [0.15, 0.2) is 35.4 Å². The fourth-order valence-electron chi connectivity index (χ4n) is 3.25. The number of hydrogen-bond acceptors (Lipinski definition) is 5. The van der Waals surface area contributed by atoms with Gasteiger partial charge in [-0.2, -0.15) is 4.31 Å². The summed E-state index contributed by atoms with van der Waals surface area (Å²) in [5.74, 6) is 0.606. The summed E-state index contributed by atoms with van der Waals surface area (Å²) < 4.78 is 39.2. The lowest BCUT2D eigenvalue weighted by Gasteiger charge is -2.25. The van der Waals surface area contributed by atoms with Gasteiger partial charge in [-0.1, -0.05) is 6.42 Å². The molecular weight excluding hydrogens is 382 g/mol. The number of nitrogens with one attached hydrogen (secondary N) is 1. The summed E-state index contributed by atoms with van der Waals surface area (Å²) in [6.45, 7) is 1.03. The number of carbonyl (C=O) groups excluding carboxylic acids is 1. The van der Waals surface area contributed by atoms with Crippen molar-refractivity contribution in [3.63, 3.8) is 0 Å². The molecule has 1 amide bonds. The Labute approximate surface area is 165 Å². The molecular formula is C19H25N3O5S. The lowest BCUT2D eigenvalue weighted by molar-refractivity contribution is 0.101. The number of anilines is 1. The van der Waals surface area contributed by atoms with Gasteiger partial charge in [-0.15, -0.1) is 0 Å². The molecule has 0 spiro atoms. The van der Waals surface area contributed by atoms with Crippen LogP contribution in [-0.2, 0) is 17.1 Å². The summed E-state index contributed by atoms with van der Waals surface area (Å²) in [7, 11) is 1.07. The number of rotatable bonds is 6. The summed E-state index contributed by atoms with van der Waals surface area (Å²) in [5.41, 5.74) is 0.675. The molecule has 0 unspecified atom stereocenters. The van der Waals surface area contributed by atoms with Gasteiger partial charge in [0, 0.05) is 32.4 Å². The van der Waals surface area contributed by atoms with Crippen molar-refractivity contribution >= 4 is 21.6 Å². The van der Waals surface area contributed by atoms with Gasteiger partial charge in [-0.3, -0.25) is 4.79 Å². The fraction of sp³-hybridized carbons (Fsp3) is 0.421. The Morgan fingerprint density at radius 2 is 1.79 bits per heavy atom. The van der Waals surface area contributed by atoms with Crippen molar-refractivity contribution < 1.29 is 22.7 Å². The molecule has 1 aromatic carbocycles. The third kappa shape index (κ3) is 4.00. The maximum Gasteiger partial charge on any atom is 0.272 e. The maximum atomic E-state index is 12.9. The van der Waals surface area contributed by atoms with E-state index in [1.165, 1.54) is 35.4 Å². The highest BCUT2D eigenvalue weighted by molar-refractivity contribution is 7.89. The molecule has 1 N–H and O–H groups in total. The van der Waals surface area contributed by atoms with E-state index in [1.54, 1.807) is 25.2 Å². The van der Waals surface area contributed by atoms with Gasteiger partial charge in [0.05, 0.1) is 19.9 Å². The van der Waals surface area contributed by atoms with Crippen LogP contribution in [0.1, 0.15) is 29.8 Å². The number of hydrogen-bond donors (Lipinski definition) is 1. The van der Waals surface area contributed by atoms with Crippen LogP contribution in [-0.4, -0.2) is 50.5 Å². The van der Waals surface area contributed by atoms with E-state index in [0.717, 1.165) is 19.3 Å². The first-order valence-electron chi connectivity index (χ1n) is 9.06. The summed E-state index contributed by atoms with van der Waals surface area (Å²) in [5, 5.41) is 2.76. The molecule has 0 bridgehead atoms. The number of carbonyl (C=O) groups is 1. The van der Waals surface area contributed by atoms with Gasteiger partial charge in [0.2, 0.25) is 10.0 Å². The van der Waals surface area contributed by atoms with E-state index in [1.807, 2.05) is 0 Å². The molecule has 152 valence electrons. The Morgan fingerprint density at radius 3 is 2.43 bits per heavy atom. The van der Waals surface area contributed by atoms with Gasteiger partial charge in [-0.05, 0) is 31.0 Å². The first kappa shape index (κ1) is 20.2. The third-order valence-electron chi connectivity index (χ3n) is 4.82. The van der Waals surface area contributed by atoms with Crippen LogP contribution in [0, 0.1) is 0 Å². The SMILES string of the molecule is COc1ccc(OC)c(NC(=O)c2cc(S(=O)(=O)N3CCCCC3)cn2C)c1. The van der Waals surface area contributed by atoms with Crippen LogP contribution >= 0.6 is 0 Å². The molecule has 0 radical (unpaired) electrons. The first-order chi connectivity index (χ1) is 13.4. The van der Waals surface area contributed by atoms with Crippen molar-refractivity contribution in [3.8, 4) is 11.5 Å². The van der Waals surface area contributed by atoms with Crippen molar-refractivity contribution in [1.82, 2.24) is 8.87 Å². The van der Waals surface area contributed by atoms with Gasteiger partial charge >= 0.3 is 0 Å². The topological polar surface area (TPSA) is 89.9 Å². The van der Waals surface area contributed by atoms with Gasteiger partial charge in [0.25, 0.3) is 5.91 Å². The van der Waals surface area contributed by atoms with Gasteiger partial charge in [0.15, 0.2) is 0 Å². The minimum Gasteiger partial charge on any atom is -0.497 e. The number of amides is 1. The van der Waals surface area contributed by atoms with Gasteiger partial charge in [0.1, 0.15) is 22.1 Å². The fourth-order valence-corrected chi connectivity index (χ4v) is 4.84. The van der Waals surface area contributed by atoms with Crippen LogP contribution < -0.4 is 14.8 Å². The quantitative estimate of drug-likeness (QED) is 0.795. The number of ether oxygens (including phenoxy) is 2. The van der Waals surface area contributed by atoms with E-state index >= 15 is 0 Å². The molecule has 28 heavy (non-hydrogen) atoms. The van der Waals surface area contributed by atoms with Crippen molar-refractivity contribution in [2.24, 2.45) is 7.05 Å². The highest BCUT2D eigenvalue weighted by Gasteiger charge is 2.28. The van der Waals surface area contributed by atoms with Crippen LogP contribution in [0.2, 0.25) is 0 Å². The molecule has 0 saturated carbocycles. The van der Waals surface area contributed by atoms with E-state index in [4.69, 9.17) is 9.47 Å². The Balaban J connectivity index is 1.86.